The number of nitrogens with zero attached hydrogens (tertiary/aromatic N) is 4. The lowest BCUT2D eigenvalue weighted by atomic mass is 10.2. The highest BCUT2D eigenvalue weighted by atomic mass is 19.4. The molecule has 0 unspecified atom stereocenters. The number of alkyl halides is 3. The minimum Gasteiger partial charge on any atom is -0.323 e. The second kappa shape index (κ2) is 7.60. The van der Waals surface area contributed by atoms with Crippen molar-refractivity contribution in [2.24, 2.45) is 4.99 Å². The number of nitrogens with one attached hydrogen (secondary N) is 1. The fourth-order valence-electron chi connectivity index (χ4n) is 2.47. The smallest absolute Gasteiger partial charge is 0.323 e. The Bertz CT molecular complexity index is 983. The number of aliphatic imine (C=N–C) groups is 1. The zero-order valence-corrected chi connectivity index (χ0v) is 14.4. The number of guanidine groups is 1. The van der Waals surface area contributed by atoms with Gasteiger partial charge in [0.15, 0.2) is 29.1 Å². The first-order valence-electron chi connectivity index (χ1n) is 7.94. The van der Waals surface area contributed by atoms with Crippen LogP contribution in [0.15, 0.2) is 53.7 Å². The molecule has 1 N–H and O–H groups in total. The second-order valence-electron chi connectivity index (χ2n) is 5.98. The molecule has 0 atom stereocenters. The molecule has 2 heterocycles. The van der Waals surface area contributed by atoms with E-state index < -0.39 is 36.0 Å². The van der Waals surface area contributed by atoms with Gasteiger partial charge in [-0.25, -0.2) is 22.2 Å². The van der Waals surface area contributed by atoms with E-state index in [2.05, 4.69) is 22.0 Å². The van der Waals surface area contributed by atoms with Crippen LogP contribution >= 0.6 is 0 Å². The molecular weight excluding hydrogens is 407 g/mol. The lowest BCUT2D eigenvalue weighted by Gasteiger charge is -2.28. The van der Waals surface area contributed by atoms with E-state index in [1.165, 1.54) is 6.07 Å². The predicted molar refractivity (Wildman–Crippen MR) is 88.7 cm³/mol. The molecule has 3 rings (SSSR count). The van der Waals surface area contributed by atoms with Crippen LogP contribution in [0.4, 0.5) is 36.6 Å². The van der Waals surface area contributed by atoms with Gasteiger partial charge in [-0.3, -0.25) is 0 Å². The largest absolute Gasteiger partial charge is 0.408 e. The minimum atomic E-state index is -4.56. The lowest BCUT2D eigenvalue weighted by Crippen LogP contribution is -2.41. The third-order valence-electron chi connectivity index (χ3n) is 3.73. The van der Waals surface area contributed by atoms with Crippen LogP contribution in [0.5, 0.6) is 0 Å². The SMILES string of the molecule is C=C1N/C(=N/c2ccnn2CC(F)(F)F)N(Cc2cc(F)c(F)c(F)c2)C=C1F. The summed E-state index contributed by atoms with van der Waals surface area (Å²) >= 11 is 0. The first-order chi connectivity index (χ1) is 13.5. The standard InChI is InChI=1S/C17H12F7N5/c1-9-13(20)7-28(6-10-4-11(18)15(21)12(19)5-10)16(26-9)27-14-2-3-25-29(14)8-17(22,23)24/h2-5,7H,1,6,8H2,(H,26,27). The van der Waals surface area contributed by atoms with Crippen molar-refractivity contribution in [1.82, 2.24) is 20.0 Å². The van der Waals surface area contributed by atoms with Gasteiger partial charge in [0.05, 0.1) is 18.4 Å². The molecule has 0 saturated carbocycles. The summed E-state index contributed by atoms with van der Waals surface area (Å²) in [7, 11) is 0. The van der Waals surface area contributed by atoms with Crippen molar-refractivity contribution in [3.05, 3.63) is 71.7 Å². The highest BCUT2D eigenvalue weighted by molar-refractivity contribution is 5.86. The van der Waals surface area contributed by atoms with Crippen molar-refractivity contribution in [3.63, 3.8) is 0 Å². The number of hydrogen-bond donors (Lipinski definition) is 1. The monoisotopic (exact) mass is 419 g/mol. The molecule has 0 fully saturated rings. The molecule has 0 spiro atoms. The van der Waals surface area contributed by atoms with Crippen molar-refractivity contribution < 1.29 is 30.7 Å². The highest BCUT2D eigenvalue weighted by Gasteiger charge is 2.30. The van der Waals surface area contributed by atoms with E-state index in [1.54, 1.807) is 0 Å². The second-order valence-corrected chi connectivity index (χ2v) is 5.98. The number of hydrogen-bond acceptors (Lipinski definition) is 2. The molecule has 0 bridgehead atoms. The zero-order valence-electron chi connectivity index (χ0n) is 14.4. The average Bonchev–Trinajstić information content (AvgIpc) is 3.02. The topological polar surface area (TPSA) is 45.5 Å². The third-order valence-corrected chi connectivity index (χ3v) is 3.73. The first-order valence-corrected chi connectivity index (χ1v) is 7.94. The molecule has 12 heteroatoms. The molecule has 0 aliphatic carbocycles. The third kappa shape index (κ3) is 4.76. The van der Waals surface area contributed by atoms with Gasteiger partial charge < -0.3 is 10.2 Å². The van der Waals surface area contributed by atoms with Crippen LogP contribution in [0.3, 0.4) is 0 Å². The average molecular weight is 419 g/mol. The Morgan fingerprint density at radius 2 is 1.76 bits per heavy atom. The van der Waals surface area contributed by atoms with Crippen LogP contribution in [0.25, 0.3) is 0 Å². The van der Waals surface area contributed by atoms with Gasteiger partial charge in [-0.2, -0.15) is 23.3 Å². The summed E-state index contributed by atoms with van der Waals surface area (Å²) in [6.07, 6.45) is -2.57. The summed E-state index contributed by atoms with van der Waals surface area (Å²) < 4.78 is 92.5. The maximum Gasteiger partial charge on any atom is 0.408 e. The molecule has 1 aromatic carbocycles. The Hall–Kier alpha value is -3.31. The summed E-state index contributed by atoms with van der Waals surface area (Å²) in [4.78, 5) is 5.03. The summed E-state index contributed by atoms with van der Waals surface area (Å²) in [5.41, 5.74) is -0.297. The van der Waals surface area contributed by atoms with Gasteiger partial charge >= 0.3 is 6.18 Å². The van der Waals surface area contributed by atoms with Crippen LogP contribution in [-0.4, -0.2) is 26.8 Å². The highest BCUT2D eigenvalue weighted by Crippen LogP contribution is 2.24. The van der Waals surface area contributed by atoms with Crippen LogP contribution in [-0.2, 0) is 13.1 Å². The zero-order chi connectivity index (χ0) is 21.3. The van der Waals surface area contributed by atoms with Crippen molar-refractivity contribution in [1.29, 1.82) is 0 Å². The number of allylic oxidation sites excluding steroid dienone is 1. The maximum absolute atomic E-state index is 13.9. The van der Waals surface area contributed by atoms with Crippen LogP contribution in [0.1, 0.15) is 5.56 Å². The van der Waals surface area contributed by atoms with E-state index in [9.17, 15) is 30.7 Å². The first kappa shape index (κ1) is 20.4. The Labute approximate surface area is 159 Å². The van der Waals surface area contributed by atoms with Crippen LogP contribution in [0, 0.1) is 17.5 Å². The molecule has 1 aliphatic rings. The van der Waals surface area contributed by atoms with Gasteiger partial charge in [-0.1, -0.05) is 6.58 Å². The number of halogens is 7. The Kier molecular flexibility index (Phi) is 5.36. The summed E-state index contributed by atoms with van der Waals surface area (Å²) in [6, 6.07) is 2.60. The molecule has 0 radical (unpaired) electrons. The van der Waals surface area contributed by atoms with Crippen molar-refractivity contribution in [2.45, 2.75) is 19.3 Å². The Morgan fingerprint density at radius 3 is 2.38 bits per heavy atom. The number of rotatable bonds is 4. The molecule has 1 aromatic heterocycles. The van der Waals surface area contributed by atoms with E-state index in [-0.39, 0.29) is 29.6 Å². The molecule has 1 aliphatic heterocycles. The van der Waals surface area contributed by atoms with Gasteiger partial charge in [-0.05, 0) is 17.7 Å². The fraction of sp³-hybridized carbons (Fsp3) is 0.176. The van der Waals surface area contributed by atoms with Crippen molar-refractivity contribution in [3.8, 4) is 0 Å². The van der Waals surface area contributed by atoms with Crippen LogP contribution in [0.2, 0.25) is 0 Å². The minimum absolute atomic E-state index is 0.0729. The molecule has 29 heavy (non-hydrogen) atoms. The summed E-state index contributed by atoms with van der Waals surface area (Å²) in [5.74, 6) is -5.78. The van der Waals surface area contributed by atoms with Crippen molar-refractivity contribution >= 4 is 11.8 Å². The van der Waals surface area contributed by atoms with E-state index in [0.29, 0.717) is 16.8 Å². The Morgan fingerprint density at radius 1 is 1.10 bits per heavy atom. The predicted octanol–water partition coefficient (Wildman–Crippen LogP) is 4.28. The lowest BCUT2D eigenvalue weighted by molar-refractivity contribution is -0.142. The fourth-order valence-corrected chi connectivity index (χ4v) is 2.47. The quantitative estimate of drug-likeness (QED) is 0.595. The molecule has 0 amide bonds. The van der Waals surface area contributed by atoms with E-state index in [1.807, 2.05) is 0 Å². The van der Waals surface area contributed by atoms with Gasteiger partial charge in [0.2, 0.25) is 5.96 Å². The van der Waals surface area contributed by atoms with Gasteiger partial charge in [0.1, 0.15) is 6.54 Å². The summed E-state index contributed by atoms with van der Waals surface area (Å²) in [5, 5.41) is 5.99. The van der Waals surface area contributed by atoms with Gasteiger partial charge in [0.25, 0.3) is 0 Å². The van der Waals surface area contributed by atoms with E-state index in [4.69, 9.17) is 0 Å². The van der Waals surface area contributed by atoms with Crippen LogP contribution < -0.4 is 5.32 Å². The van der Waals surface area contributed by atoms with Gasteiger partial charge in [0, 0.05) is 12.3 Å². The molecule has 2 aromatic rings. The molecule has 5 nitrogen and oxygen atoms in total. The summed E-state index contributed by atoms with van der Waals surface area (Å²) in [6.45, 7) is 1.63. The molecule has 154 valence electrons. The number of benzene rings is 1. The molecule has 0 saturated heterocycles. The number of aromatic nitrogens is 2. The maximum atomic E-state index is 13.9. The molecular formula is C17H12F7N5. The van der Waals surface area contributed by atoms with Crippen molar-refractivity contribution in [2.75, 3.05) is 0 Å². The van der Waals surface area contributed by atoms with E-state index >= 15 is 0 Å². The normalized spacial score (nSPS) is 16.2. The van der Waals surface area contributed by atoms with E-state index in [0.717, 1.165) is 17.3 Å². The van der Waals surface area contributed by atoms with Gasteiger partial charge in [-0.15, -0.1) is 0 Å². The Balaban J connectivity index is 1.96.